The summed E-state index contributed by atoms with van der Waals surface area (Å²) in [5.74, 6) is 0.441. The molecule has 0 spiro atoms. The Labute approximate surface area is 66.9 Å². The predicted molar refractivity (Wildman–Crippen MR) is 41.5 cm³/mol. The zero-order valence-electron chi connectivity index (χ0n) is 6.58. The molecule has 1 radical (unpaired) electrons. The van der Waals surface area contributed by atoms with Gasteiger partial charge in [0.2, 0.25) is 0 Å². The van der Waals surface area contributed by atoms with E-state index in [-0.39, 0.29) is 0 Å². The first-order valence-corrected chi connectivity index (χ1v) is 4.08. The Morgan fingerprint density at radius 2 is 2.00 bits per heavy atom. The minimum Gasteiger partial charge on any atom is -0.442 e. The number of carbonyl (C=O) groups is 1. The summed E-state index contributed by atoms with van der Waals surface area (Å²) in [5.41, 5.74) is 4.82. The molecule has 2 N–H and O–H groups in total. The fourth-order valence-electron chi connectivity index (χ4n) is 1.43. The van der Waals surface area contributed by atoms with E-state index >= 15 is 0 Å². The highest BCUT2D eigenvalue weighted by atomic mass is 16.5. The Bertz CT molecular complexity index is 130. The average molecular weight is 156 g/mol. The Hall–Kier alpha value is -0.730. The van der Waals surface area contributed by atoms with Crippen molar-refractivity contribution in [2.24, 2.45) is 11.7 Å². The summed E-state index contributed by atoms with van der Waals surface area (Å²) < 4.78 is 4.60. The Morgan fingerprint density at radius 3 is 2.55 bits per heavy atom. The standard InChI is InChI=1S/C8H14NO2/c9-8(10)11-6-7-4-2-1-3-5-7/h6-7H,1-5H2,(H2,9,10). The molecule has 0 heterocycles. The molecule has 1 rings (SSSR count). The zero-order valence-corrected chi connectivity index (χ0v) is 6.58. The first-order chi connectivity index (χ1) is 5.29. The molecule has 63 valence electrons. The van der Waals surface area contributed by atoms with Crippen molar-refractivity contribution in [1.29, 1.82) is 0 Å². The van der Waals surface area contributed by atoms with Crippen LogP contribution in [-0.2, 0) is 4.74 Å². The number of hydrogen-bond acceptors (Lipinski definition) is 2. The Kier molecular flexibility index (Phi) is 3.20. The van der Waals surface area contributed by atoms with E-state index in [1.165, 1.54) is 19.3 Å². The van der Waals surface area contributed by atoms with Crippen LogP contribution in [-0.4, -0.2) is 6.09 Å². The smallest absolute Gasteiger partial charge is 0.404 e. The molecule has 1 fully saturated rings. The number of primary amides is 1. The molecule has 1 amide bonds. The number of hydrogen-bond donors (Lipinski definition) is 1. The van der Waals surface area contributed by atoms with Crippen LogP contribution in [0, 0.1) is 12.5 Å². The molecule has 0 aromatic carbocycles. The summed E-state index contributed by atoms with van der Waals surface area (Å²) >= 11 is 0. The van der Waals surface area contributed by atoms with E-state index < -0.39 is 6.09 Å². The lowest BCUT2D eigenvalue weighted by Gasteiger charge is -2.19. The summed E-state index contributed by atoms with van der Waals surface area (Å²) in [7, 11) is 0. The van der Waals surface area contributed by atoms with Gasteiger partial charge in [-0.2, -0.15) is 0 Å². The SMILES string of the molecule is NC(=O)O[CH]C1CCCCC1. The number of rotatable bonds is 2. The molecule has 0 unspecified atom stereocenters. The Morgan fingerprint density at radius 1 is 1.36 bits per heavy atom. The molecule has 0 bridgehead atoms. The highest BCUT2D eigenvalue weighted by Gasteiger charge is 2.14. The van der Waals surface area contributed by atoms with E-state index in [1.807, 2.05) is 0 Å². The van der Waals surface area contributed by atoms with Gasteiger partial charge in [-0.05, 0) is 18.8 Å². The first-order valence-electron chi connectivity index (χ1n) is 4.08. The van der Waals surface area contributed by atoms with Crippen molar-refractivity contribution >= 4 is 6.09 Å². The number of carbonyl (C=O) groups excluding carboxylic acids is 1. The van der Waals surface area contributed by atoms with Gasteiger partial charge in [-0.15, -0.1) is 0 Å². The molecule has 0 aromatic rings. The second-order valence-corrected chi connectivity index (χ2v) is 2.97. The largest absolute Gasteiger partial charge is 0.442 e. The maximum Gasteiger partial charge on any atom is 0.404 e. The lowest BCUT2D eigenvalue weighted by atomic mass is 9.90. The minimum atomic E-state index is -0.699. The third-order valence-corrected chi connectivity index (χ3v) is 2.03. The first kappa shape index (κ1) is 8.37. The predicted octanol–water partition coefficient (Wildman–Crippen LogP) is 1.82. The maximum atomic E-state index is 10.2. The molecule has 3 nitrogen and oxygen atoms in total. The van der Waals surface area contributed by atoms with Gasteiger partial charge in [-0.25, -0.2) is 4.79 Å². The topological polar surface area (TPSA) is 52.3 Å². The van der Waals surface area contributed by atoms with E-state index in [9.17, 15) is 4.79 Å². The highest BCUT2D eigenvalue weighted by molar-refractivity contribution is 5.65. The molecule has 1 aliphatic carbocycles. The van der Waals surface area contributed by atoms with Crippen LogP contribution >= 0.6 is 0 Å². The number of amides is 1. The third kappa shape index (κ3) is 3.25. The van der Waals surface area contributed by atoms with Gasteiger partial charge in [0, 0.05) is 0 Å². The van der Waals surface area contributed by atoms with Crippen molar-refractivity contribution < 1.29 is 9.53 Å². The number of ether oxygens (including phenoxy) is 1. The van der Waals surface area contributed by atoms with E-state index in [0.717, 1.165) is 12.8 Å². The van der Waals surface area contributed by atoms with Crippen molar-refractivity contribution in [2.75, 3.05) is 0 Å². The third-order valence-electron chi connectivity index (χ3n) is 2.03. The molecule has 0 aromatic heterocycles. The molecule has 1 saturated carbocycles. The zero-order chi connectivity index (χ0) is 8.10. The average Bonchev–Trinajstić information content (AvgIpc) is 2.03. The maximum absolute atomic E-state index is 10.2. The van der Waals surface area contributed by atoms with Crippen LogP contribution in [0.15, 0.2) is 0 Å². The van der Waals surface area contributed by atoms with Crippen LogP contribution in [0.3, 0.4) is 0 Å². The normalized spacial score (nSPS) is 19.6. The highest BCUT2D eigenvalue weighted by Crippen LogP contribution is 2.25. The van der Waals surface area contributed by atoms with Crippen LogP contribution in [0.25, 0.3) is 0 Å². The molecule has 0 atom stereocenters. The van der Waals surface area contributed by atoms with E-state index in [2.05, 4.69) is 4.74 Å². The van der Waals surface area contributed by atoms with Crippen molar-refractivity contribution in [3.8, 4) is 0 Å². The van der Waals surface area contributed by atoms with Crippen LogP contribution in [0.5, 0.6) is 0 Å². The van der Waals surface area contributed by atoms with E-state index in [4.69, 9.17) is 5.73 Å². The molecule has 1 aliphatic rings. The molecule has 0 saturated heterocycles. The number of nitrogens with two attached hydrogens (primary N) is 1. The van der Waals surface area contributed by atoms with Crippen LogP contribution in [0.4, 0.5) is 4.79 Å². The Balaban J connectivity index is 2.09. The van der Waals surface area contributed by atoms with Gasteiger partial charge < -0.3 is 10.5 Å². The van der Waals surface area contributed by atoms with Gasteiger partial charge in [0.05, 0.1) is 0 Å². The van der Waals surface area contributed by atoms with Crippen molar-refractivity contribution in [3.63, 3.8) is 0 Å². The van der Waals surface area contributed by atoms with Gasteiger partial charge in [0.25, 0.3) is 0 Å². The molecule has 11 heavy (non-hydrogen) atoms. The van der Waals surface area contributed by atoms with Crippen molar-refractivity contribution in [1.82, 2.24) is 0 Å². The van der Waals surface area contributed by atoms with Gasteiger partial charge >= 0.3 is 6.09 Å². The van der Waals surface area contributed by atoms with Gasteiger partial charge in [-0.3, -0.25) is 0 Å². The van der Waals surface area contributed by atoms with Gasteiger partial charge in [-0.1, -0.05) is 19.3 Å². The summed E-state index contributed by atoms with van der Waals surface area (Å²) in [6.07, 6.45) is 5.35. The van der Waals surface area contributed by atoms with Gasteiger partial charge in [0.1, 0.15) is 6.61 Å². The van der Waals surface area contributed by atoms with E-state index in [0.29, 0.717) is 5.92 Å². The lowest BCUT2D eigenvalue weighted by molar-refractivity contribution is 0.162. The fraction of sp³-hybridized carbons (Fsp3) is 0.750. The molecular formula is C8H14NO2. The van der Waals surface area contributed by atoms with Crippen LogP contribution in [0.1, 0.15) is 32.1 Å². The van der Waals surface area contributed by atoms with Crippen LogP contribution in [0.2, 0.25) is 0 Å². The van der Waals surface area contributed by atoms with Gasteiger partial charge in [0.15, 0.2) is 0 Å². The molecule has 0 aliphatic heterocycles. The second kappa shape index (κ2) is 4.21. The monoisotopic (exact) mass is 156 g/mol. The molecule has 3 heteroatoms. The minimum absolute atomic E-state index is 0.441. The molecular weight excluding hydrogens is 142 g/mol. The quantitative estimate of drug-likeness (QED) is 0.663. The fourth-order valence-corrected chi connectivity index (χ4v) is 1.43. The summed E-state index contributed by atoms with van der Waals surface area (Å²) in [6, 6.07) is 0. The van der Waals surface area contributed by atoms with Crippen molar-refractivity contribution in [2.45, 2.75) is 32.1 Å². The van der Waals surface area contributed by atoms with Crippen molar-refractivity contribution in [3.05, 3.63) is 6.61 Å². The summed E-state index contributed by atoms with van der Waals surface area (Å²) in [4.78, 5) is 10.2. The van der Waals surface area contributed by atoms with Crippen LogP contribution < -0.4 is 5.73 Å². The summed E-state index contributed by atoms with van der Waals surface area (Å²) in [5, 5.41) is 0. The summed E-state index contributed by atoms with van der Waals surface area (Å²) in [6.45, 7) is 1.58. The second-order valence-electron chi connectivity index (χ2n) is 2.97. The lowest BCUT2D eigenvalue weighted by Crippen LogP contribution is -2.16. The van der Waals surface area contributed by atoms with E-state index in [1.54, 1.807) is 6.61 Å².